The van der Waals surface area contributed by atoms with Crippen molar-refractivity contribution in [3.05, 3.63) is 71.4 Å². The van der Waals surface area contributed by atoms with Gasteiger partial charge in [-0.05, 0) is 36.0 Å². The number of aryl methyl sites for hydroxylation is 1. The zero-order valence-corrected chi connectivity index (χ0v) is 12.3. The minimum absolute atomic E-state index is 0.305. The lowest BCUT2D eigenvalue weighted by Gasteiger charge is -2.22. The summed E-state index contributed by atoms with van der Waals surface area (Å²) in [6.07, 6.45) is 3.20. The SMILES string of the molecule is Nc1onc2c1C(c1ccc(-c3ccccc3)cc1)CCC2. The smallest absolute Gasteiger partial charge is 0.226 e. The Balaban J connectivity index is 1.69. The quantitative estimate of drug-likeness (QED) is 0.761. The molecular formula is C19H18N2O. The van der Waals surface area contributed by atoms with Crippen molar-refractivity contribution in [3.8, 4) is 11.1 Å². The monoisotopic (exact) mass is 290 g/mol. The summed E-state index contributed by atoms with van der Waals surface area (Å²) in [7, 11) is 0. The van der Waals surface area contributed by atoms with Crippen LogP contribution < -0.4 is 5.73 Å². The minimum Gasteiger partial charge on any atom is -0.367 e. The van der Waals surface area contributed by atoms with Gasteiger partial charge in [0.2, 0.25) is 5.88 Å². The van der Waals surface area contributed by atoms with Crippen LogP contribution in [0.1, 0.15) is 35.6 Å². The summed E-state index contributed by atoms with van der Waals surface area (Å²) in [6.45, 7) is 0. The highest BCUT2D eigenvalue weighted by Gasteiger charge is 2.28. The highest BCUT2D eigenvalue weighted by atomic mass is 16.5. The summed E-state index contributed by atoms with van der Waals surface area (Å²) in [6, 6.07) is 19.2. The van der Waals surface area contributed by atoms with Crippen molar-refractivity contribution in [2.24, 2.45) is 0 Å². The molecule has 110 valence electrons. The van der Waals surface area contributed by atoms with Crippen molar-refractivity contribution < 1.29 is 4.52 Å². The van der Waals surface area contributed by atoms with E-state index < -0.39 is 0 Å². The molecule has 1 aromatic heterocycles. The zero-order valence-electron chi connectivity index (χ0n) is 12.3. The Hall–Kier alpha value is -2.55. The van der Waals surface area contributed by atoms with E-state index in [0.29, 0.717) is 11.8 Å². The number of anilines is 1. The predicted molar refractivity (Wildman–Crippen MR) is 87.6 cm³/mol. The third kappa shape index (κ3) is 2.19. The Bertz CT molecular complexity index is 775. The maximum atomic E-state index is 5.98. The molecule has 1 unspecified atom stereocenters. The topological polar surface area (TPSA) is 52.0 Å². The van der Waals surface area contributed by atoms with Crippen LogP contribution in [-0.4, -0.2) is 5.16 Å². The normalized spacial score (nSPS) is 17.2. The highest BCUT2D eigenvalue weighted by molar-refractivity contribution is 5.64. The number of nitrogen functional groups attached to an aromatic ring is 1. The number of nitrogens with two attached hydrogens (primary N) is 1. The van der Waals surface area contributed by atoms with Gasteiger partial charge < -0.3 is 10.3 Å². The summed E-state index contributed by atoms with van der Waals surface area (Å²) in [5, 5.41) is 4.10. The van der Waals surface area contributed by atoms with Gasteiger partial charge in [-0.1, -0.05) is 59.8 Å². The lowest BCUT2D eigenvalue weighted by molar-refractivity contribution is 0.427. The van der Waals surface area contributed by atoms with Crippen molar-refractivity contribution in [1.29, 1.82) is 0 Å². The van der Waals surface area contributed by atoms with Crippen molar-refractivity contribution in [2.45, 2.75) is 25.2 Å². The molecule has 3 heteroatoms. The molecule has 0 bridgehead atoms. The molecule has 1 atom stereocenters. The van der Waals surface area contributed by atoms with Crippen LogP contribution in [0.3, 0.4) is 0 Å². The molecule has 3 aromatic rings. The van der Waals surface area contributed by atoms with Gasteiger partial charge in [0.1, 0.15) is 0 Å². The van der Waals surface area contributed by atoms with Crippen LogP contribution in [0, 0.1) is 0 Å². The van der Waals surface area contributed by atoms with E-state index in [1.165, 1.54) is 16.7 Å². The Labute approximate surface area is 129 Å². The first kappa shape index (κ1) is 13.1. The van der Waals surface area contributed by atoms with Gasteiger partial charge in [0.15, 0.2) is 0 Å². The number of benzene rings is 2. The van der Waals surface area contributed by atoms with Crippen LogP contribution in [0.2, 0.25) is 0 Å². The molecule has 2 aromatic carbocycles. The fraction of sp³-hybridized carbons (Fsp3) is 0.211. The molecule has 4 rings (SSSR count). The van der Waals surface area contributed by atoms with E-state index in [4.69, 9.17) is 10.3 Å². The first-order valence-electron chi connectivity index (χ1n) is 7.72. The summed E-state index contributed by atoms with van der Waals surface area (Å²) < 4.78 is 5.19. The average Bonchev–Trinajstić information content (AvgIpc) is 2.97. The summed E-state index contributed by atoms with van der Waals surface area (Å²) in [5.41, 5.74) is 11.9. The number of nitrogens with zero attached hydrogens (tertiary/aromatic N) is 1. The number of aromatic nitrogens is 1. The molecule has 0 saturated heterocycles. The molecule has 0 spiro atoms. The Morgan fingerprint density at radius 1 is 0.955 bits per heavy atom. The van der Waals surface area contributed by atoms with E-state index in [0.717, 1.165) is 30.5 Å². The molecule has 0 radical (unpaired) electrons. The molecule has 1 aliphatic carbocycles. The second-order valence-electron chi connectivity index (χ2n) is 5.84. The molecule has 0 amide bonds. The first-order chi connectivity index (χ1) is 10.8. The summed E-state index contributed by atoms with van der Waals surface area (Å²) in [5.74, 6) is 0.784. The van der Waals surface area contributed by atoms with Crippen LogP contribution >= 0.6 is 0 Å². The number of hydrogen-bond acceptors (Lipinski definition) is 3. The van der Waals surface area contributed by atoms with E-state index in [1.54, 1.807) is 0 Å². The van der Waals surface area contributed by atoms with Crippen LogP contribution in [0.25, 0.3) is 11.1 Å². The van der Waals surface area contributed by atoms with Crippen molar-refractivity contribution in [3.63, 3.8) is 0 Å². The van der Waals surface area contributed by atoms with Crippen LogP contribution in [0.4, 0.5) is 5.88 Å². The van der Waals surface area contributed by atoms with Crippen molar-refractivity contribution in [2.75, 3.05) is 5.73 Å². The standard InChI is InChI=1S/C19H18N2O/c20-19-18-16(7-4-8-17(18)21-22-19)15-11-9-14(10-12-15)13-5-2-1-3-6-13/h1-3,5-6,9-12,16H,4,7-8,20H2. The molecule has 1 aliphatic rings. The fourth-order valence-corrected chi connectivity index (χ4v) is 3.39. The largest absolute Gasteiger partial charge is 0.367 e. The Kier molecular flexibility index (Phi) is 3.19. The van der Waals surface area contributed by atoms with Crippen LogP contribution in [-0.2, 0) is 6.42 Å². The van der Waals surface area contributed by atoms with E-state index >= 15 is 0 Å². The van der Waals surface area contributed by atoms with Gasteiger partial charge in [-0.15, -0.1) is 0 Å². The van der Waals surface area contributed by atoms with Gasteiger partial charge in [0.05, 0.1) is 5.69 Å². The zero-order chi connectivity index (χ0) is 14.9. The molecule has 0 aliphatic heterocycles. The van der Waals surface area contributed by atoms with Gasteiger partial charge >= 0.3 is 0 Å². The van der Waals surface area contributed by atoms with E-state index in [2.05, 4.69) is 53.7 Å². The maximum absolute atomic E-state index is 5.98. The number of hydrogen-bond donors (Lipinski definition) is 1. The average molecular weight is 290 g/mol. The molecule has 0 saturated carbocycles. The lowest BCUT2D eigenvalue weighted by Crippen LogP contribution is -2.11. The second kappa shape index (κ2) is 5.34. The minimum atomic E-state index is 0.305. The molecule has 1 heterocycles. The second-order valence-corrected chi connectivity index (χ2v) is 5.84. The Morgan fingerprint density at radius 2 is 1.68 bits per heavy atom. The van der Waals surface area contributed by atoms with E-state index in [1.807, 2.05) is 6.07 Å². The van der Waals surface area contributed by atoms with Crippen molar-refractivity contribution in [1.82, 2.24) is 5.16 Å². The third-order valence-electron chi connectivity index (χ3n) is 4.51. The van der Waals surface area contributed by atoms with Gasteiger partial charge in [0.25, 0.3) is 0 Å². The van der Waals surface area contributed by atoms with E-state index in [9.17, 15) is 0 Å². The number of fused-ring (bicyclic) bond motifs is 1. The third-order valence-corrected chi connectivity index (χ3v) is 4.51. The molecule has 3 nitrogen and oxygen atoms in total. The molecular weight excluding hydrogens is 272 g/mol. The lowest BCUT2D eigenvalue weighted by atomic mass is 9.81. The summed E-state index contributed by atoms with van der Waals surface area (Å²) in [4.78, 5) is 0. The van der Waals surface area contributed by atoms with Gasteiger partial charge in [0, 0.05) is 11.5 Å². The van der Waals surface area contributed by atoms with E-state index in [-0.39, 0.29) is 0 Å². The van der Waals surface area contributed by atoms with Crippen LogP contribution in [0.5, 0.6) is 0 Å². The predicted octanol–water partition coefficient (Wildman–Crippen LogP) is 4.39. The maximum Gasteiger partial charge on any atom is 0.226 e. The van der Waals surface area contributed by atoms with Gasteiger partial charge in [-0.3, -0.25) is 0 Å². The molecule has 22 heavy (non-hydrogen) atoms. The number of rotatable bonds is 2. The highest BCUT2D eigenvalue weighted by Crippen LogP contribution is 2.40. The fourth-order valence-electron chi connectivity index (χ4n) is 3.39. The summed E-state index contributed by atoms with van der Waals surface area (Å²) >= 11 is 0. The first-order valence-corrected chi connectivity index (χ1v) is 7.72. The molecule has 0 fully saturated rings. The van der Waals surface area contributed by atoms with Crippen LogP contribution in [0.15, 0.2) is 59.1 Å². The Morgan fingerprint density at radius 3 is 2.45 bits per heavy atom. The van der Waals surface area contributed by atoms with Gasteiger partial charge in [-0.25, -0.2) is 0 Å². The molecule has 2 N–H and O–H groups in total. The van der Waals surface area contributed by atoms with Gasteiger partial charge in [-0.2, -0.15) is 0 Å². The van der Waals surface area contributed by atoms with Crippen molar-refractivity contribution >= 4 is 5.88 Å².